The molecule has 5 rings (SSSR count). The zero-order chi connectivity index (χ0) is 27.2. The molecule has 2 heterocycles. The summed E-state index contributed by atoms with van der Waals surface area (Å²) in [5.41, 5.74) is 2.42. The lowest BCUT2D eigenvalue weighted by atomic mass is 9.95. The van der Waals surface area contributed by atoms with Gasteiger partial charge in [-0.1, -0.05) is 59.6 Å². The maximum Gasteiger partial charge on any atom is 0.416 e. The molecule has 0 saturated carbocycles. The van der Waals surface area contributed by atoms with Gasteiger partial charge in [0.2, 0.25) is 0 Å². The largest absolute Gasteiger partial charge is 0.416 e. The fraction of sp³-hybridized carbons (Fsp3) is 0.148. The van der Waals surface area contributed by atoms with Crippen molar-refractivity contribution in [1.29, 1.82) is 0 Å². The number of hydrogen-bond acceptors (Lipinski definition) is 4. The average Bonchev–Trinajstić information content (AvgIpc) is 3.18. The van der Waals surface area contributed by atoms with Crippen LogP contribution in [0.3, 0.4) is 0 Å². The van der Waals surface area contributed by atoms with Crippen molar-refractivity contribution in [2.75, 3.05) is 19.0 Å². The SMILES string of the molecule is CN(C)c1nn2c(=O)n(Cc3ccc(C(F)(F)F)cc3)nc2c(-c2ccc(Cl)cc2)c1-c1ccc(Cl)cc1. The Labute approximate surface area is 225 Å². The minimum absolute atomic E-state index is 0.0338. The highest BCUT2D eigenvalue weighted by atomic mass is 35.5. The minimum atomic E-state index is -4.45. The first-order valence-corrected chi connectivity index (χ1v) is 12.2. The number of alkyl halides is 3. The Morgan fingerprint density at radius 1 is 0.789 bits per heavy atom. The van der Waals surface area contributed by atoms with Crippen LogP contribution < -0.4 is 10.6 Å². The quantitative estimate of drug-likeness (QED) is 0.242. The van der Waals surface area contributed by atoms with E-state index in [2.05, 4.69) is 10.2 Å². The van der Waals surface area contributed by atoms with E-state index >= 15 is 0 Å². The lowest BCUT2D eigenvalue weighted by Crippen LogP contribution is -2.24. The molecule has 194 valence electrons. The molecule has 0 N–H and O–H groups in total. The Bertz CT molecular complexity index is 1670. The number of nitrogens with zero attached hydrogens (tertiary/aromatic N) is 5. The first kappa shape index (κ1) is 25.8. The lowest BCUT2D eigenvalue weighted by molar-refractivity contribution is -0.137. The second-order valence-corrected chi connectivity index (χ2v) is 9.73. The van der Waals surface area contributed by atoms with E-state index in [4.69, 9.17) is 23.2 Å². The van der Waals surface area contributed by atoms with E-state index in [1.165, 1.54) is 21.3 Å². The van der Waals surface area contributed by atoms with Crippen LogP contribution in [0.25, 0.3) is 27.9 Å². The lowest BCUT2D eigenvalue weighted by Gasteiger charge is -2.20. The molecular weight excluding hydrogens is 538 g/mol. The van der Waals surface area contributed by atoms with Crippen LogP contribution in [0.15, 0.2) is 77.6 Å². The van der Waals surface area contributed by atoms with Crippen molar-refractivity contribution in [3.63, 3.8) is 0 Å². The molecule has 6 nitrogen and oxygen atoms in total. The minimum Gasteiger partial charge on any atom is -0.361 e. The summed E-state index contributed by atoms with van der Waals surface area (Å²) in [6, 6.07) is 19.0. The van der Waals surface area contributed by atoms with E-state index < -0.39 is 17.4 Å². The molecule has 0 bridgehead atoms. The summed E-state index contributed by atoms with van der Waals surface area (Å²) in [5.74, 6) is 0.515. The van der Waals surface area contributed by atoms with Crippen molar-refractivity contribution in [2.24, 2.45) is 0 Å². The van der Waals surface area contributed by atoms with Gasteiger partial charge in [0.1, 0.15) is 0 Å². The van der Waals surface area contributed by atoms with Gasteiger partial charge in [0.25, 0.3) is 0 Å². The monoisotopic (exact) mass is 557 g/mol. The summed E-state index contributed by atoms with van der Waals surface area (Å²) in [7, 11) is 3.63. The van der Waals surface area contributed by atoms with Crippen molar-refractivity contribution in [3.05, 3.63) is 104 Å². The predicted molar refractivity (Wildman–Crippen MR) is 143 cm³/mol. The molecule has 0 amide bonds. The van der Waals surface area contributed by atoms with Crippen LogP contribution in [0.1, 0.15) is 11.1 Å². The third kappa shape index (κ3) is 4.87. The highest BCUT2D eigenvalue weighted by Crippen LogP contribution is 2.40. The van der Waals surface area contributed by atoms with Gasteiger partial charge >= 0.3 is 11.9 Å². The number of halogens is 5. The van der Waals surface area contributed by atoms with Crippen molar-refractivity contribution in [3.8, 4) is 22.3 Å². The van der Waals surface area contributed by atoms with Gasteiger partial charge in [-0.25, -0.2) is 9.48 Å². The van der Waals surface area contributed by atoms with Crippen molar-refractivity contribution in [2.45, 2.75) is 12.7 Å². The van der Waals surface area contributed by atoms with Crippen molar-refractivity contribution >= 4 is 34.7 Å². The zero-order valence-corrected chi connectivity index (χ0v) is 21.7. The number of benzene rings is 3. The third-order valence-corrected chi connectivity index (χ3v) is 6.52. The van der Waals surface area contributed by atoms with E-state index in [1.54, 1.807) is 29.2 Å². The second kappa shape index (κ2) is 9.81. The molecule has 0 fully saturated rings. The highest BCUT2D eigenvalue weighted by Gasteiger charge is 2.30. The first-order valence-electron chi connectivity index (χ1n) is 11.4. The summed E-state index contributed by atoms with van der Waals surface area (Å²) in [5, 5.41) is 10.3. The van der Waals surface area contributed by atoms with Gasteiger partial charge < -0.3 is 4.90 Å². The van der Waals surface area contributed by atoms with Gasteiger partial charge in [0.15, 0.2) is 11.5 Å². The number of fused-ring (bicyclic) bond motifs is 1. The van der Waals surface area contributed by atoms with Crippen LogP contribution in [-0.2, 0) is 12.7 Å². The number of hydrogen-bond donors (Lipinski definition) is 0. The molecule has 3 aromatic carbocycles. The Hall–Kier alpha value is -3.82. The maximum absolute atomic E-state index is 13.4. The van der Waals surface area contributed by atoms with E-state index in [1.807, 2.05) is 38.4 Å². The van der Waals surface area contributed by atoms with Crippen LogP contribution in [-0.4, -0.2) is 33.5 Å². The Morgan fingerprint density at radius 3 is 1.82 bits per heavy atom. The first-order chi connectivity index (χ1) is 18.0. The third-order valence-electron chi connectivity index (χ3n) is 6.01. The van der Waals surface area contributed by atoms with E-state index in [0.717, 1.165) is 28.8 Å². The van der Waals surface area contributed by atoms with Gasteiger partial charge in [0.05, 0.1) is 12.1 Å². The van der Waals surface area contributed by atoms with Gasteiger partial charge in [-0.3, -0.25) is 0 Å². The Morgan fingerprint density at radius 2 is 1.32 bits per heavy atom. The summed E-state index contributed by atoms with van der Waals surface area (Å²) in [6.45, 7) is -0.0338. The summed E-state index contributed by atoms with van der Waals surface area (Å²) < 4.78 is 41.4. The van der Waals surface area contributed by atoms with E-state index in [9.17, 15) is 18.0 Å². The average molecular weight is 558 g/mol. The molecule has 5 aromatic rings. The van der Waals surface area contributed by atoms with E-state index in [0.29, 0.717) is 32.6 Å². The normalized spacial score (nSPS) is 11.8. The Kier molecular flexibility index (Phi) is 6.66. The highest BCUT2D eigenvalue weighted by molar-refractivity contribution is 6.31. The van der Waals surface area contributed by atoms with Gasteiger partial charge in [-0.15, -0.1) is 10.2 Å². The molecule has 0 atom stereocenters. The van der Waals surface area contributed by atoms with Crippen molar-refractivity contribution < 1.29 is 13.2 Å². The molecule has 0 aliphatic carbocycles. The van der Waals surface area contributed by atoms with E-state index in [-0.39, 0.29) is 6.54 Å². The molecule has 0 aliphatic rings. The van der Waals surface area contributed by atoms with Gasteiger partial charge in [-0.2, -0.15) is 17.7 Å². The molecule has 38 heavy (non-hydrogen) atoms. The summed E-state index contributed by atoms with van der Waals surface area (Å²) in [6.07, 6.45) is -4.45. The zero-order valence-electron chi connectivity index (χ0n) is 20.2. The van der Waals surface area contributed by atoms with Crippen LogP contribution in [0.4, 0.5) is 19.0 Å². The Balaban J connectivity index is 1.75. The summed E-state index contributed by atoms with van der Waals surface area (Å²) in [4.78, 5) is 15.2. The molecule has 0 unspecified atom stereocenters. The summed E-state index contributed by atoms with van der Waals surface area (Å²) >= 11 is 12.3. The molecule has 0 saturated heterocycles. The smallest absolute Gasteiger partial charge is 0.361 e. The van der Waals surface area contributed by atoms with Crippen LogP contribution in [0, 0.1) is 0 Å². The van der Waals surface area contributed by atoms with Crippen LogP contribution in [0.2, 0.25) is 10.0 Å². The molecule has 0 radical (unpaired) electrons. The number of rotatable bonds is 5. The fourth-order valence-electron chi connectivity index (χ4n) is 4.18. The van der Waals surface area contributed by atoms with Crippen molar-refractivity contribution in [1.82, 2.24) is 19.4 Å². The predicted octanol–water partition coefficient (Wildman–Crippen LogP) is 6.66. The van der Waals surface area contributed by atoms with Crippen LogP contribution >= 0.6 is 23.2 Å². The number of aromatic nitrogens is 4. The van der Waals surface area contributed by atoms with Gasteiger partial charge in [0, 0.05) is 35.3 Å². The van der Waals surface area contributed by atoms with Gasteiger partial charge in [-0.05, 0) is 53.1 Å². The fourth-order valence-corrected chi connectivity index (χ4v) is 4.43. The molecular formula is C27H20Cl2F3N5O. The topological polar surface area (TPSA) is 55.4 Å². The molecule has 11 heteroatoms. The molecule has 0 spiro atoms. The maximum atomic E-state index is 13.4. The standard InChI is InChI=1S/C27H20Cl2F3N5O/c1-35(2)24-22(17-5-11-20(28)12-6-17)23(18-7-13-21(29)14-8-18)25-33-36(26(38)37(25)34-24)15-16-3-9-19(10-4-16)27(30,31)32/h3-14H,15H2,1-2H3. The van der Waals surface area contributed by atoms with Crippen LogP contribution in [0.5, 0.6) is 0 Å². The molecule has 0 aliphatic heterocycles. The second-order valence-electron chi connectivity index (χ2n) is 8.85. The number of anilines is 1. The molecule has 2 aromatic heterocycles.